The first kappa shape index (κ1) is 19.9. The van der Waals surface area contributed by atoms with Gasteiger partial charge in [0.1, 0.15) is 11.5 Å². The fourth-order valence-corrected chi connectivity index (χ4v) is 5.64. The molecule has 1 saturated carbocycles. The molecule has 1 saturated heterocycles. The Morgan fingerprint density at radius 1 is 1.03 bits per heavy atom. The van der Waals surface area contributed by atoms with Crippen LogP contribution in [0.15, 0.2) is 48.9 Å². The molecule has 0 bridgehead atoms. The lowest BCUT2D eigenvalue weighted by Gasteiger charge is -2.28. The van der Waals surface area contributed by atoms with E-state index in [0.29, 0.717) is 18.4 Å². The Labute approximate surface area is 197 Å². The first-order valence-corrected chi connectivity index (χ1v) is 12.3. The van der Waals surface area contributed by atoms with Gasteiger partial charge >= 0.3 is 0 Å². The average Bonchev–Trinajstić information content (AvgIpc) is 3.47. The maximum Gasteiger partial charge on any atom is 0.163 e. The number of benzene rings is 1. The quantitative estimate of drug-likeness (QED) is 0.410. The van der Waals surface area contributed by atoms with Crippen molar-refractivity contribution in [1.82, 2.24) is 24.9 Å². The summed E-state index contributed by atoms with van der Waals surface area (Å²) in [5.74, 6) is 2.82. The zero-order valence-corrected chi connectivity index (χ0v) is 19.0. The number of hydrogen-bond donors (Lipinski definition) is 2. The molecular weight excluding hydrogens is 422 g/mol. The number of pyridine rings is 2. The summed E-state index contributed by atoms with van der Waals surface area (Å²) in [6, 6.07) is 10.3. The Morgan fingerprint density at radius 2 is 1.94 bits per heavy atom. The largest absolute Gasteiger partial charge is 0.356 e. The lowest BCUT2D eigenvalue weighted by molar-refractivity contribution is 0.421. The predicted octanol–water partition coefficient (Wildman–Crippen LogP) is 4.77. The molecule has 1 atom stereocenters. The summed E-state index contributed by atoms with van der Waals surface area (Å²) >= 11 is 0. The smallest absolute Gasteiger partial charge is 0.163 e. The van der Waals surface area contributed by atoms with Crippen LogP contribution in [0, 0.1) is 5.92 Å². The summed E-state index contributed by atoms with van der Waals surface area (Å²) in [4.78, 5) is 25.4. The highest BCUT2D eigenvalue weighted by atomic mass is 15.2. The van der Waals surface area contributed by atoms with Crippen molar-refractivity contribution < 1.29 is 0 Å². The monoisotopic (exact) mass is 449 g/mol. The number of rotatable bonds is 4. The molecule has 0 radical (unpaired) electrons. The number of nitrogens with zero attached hydrogens (tertiary/aromatic N) is 5. The molecule has 4 aromatic heterocycles. The lowest BCUT2D eigenvalue weighted by Crippen LogP contribution is -2.24. The molecule has 34 heavy (non-hydrogen) atoms. The van der Waals surface area contributed by atoms with Gasteiger partial charge in [0.15, 0.2) is 5.82 Å². The highest BCUT2D eigenvalue weighted by Gasteiger charge is 2.29. The topological polar surface area (TPSA) is 96.6 Å². The van der Waals surface area contributed by atoms with Crippen molar-refractivity contribution >= 4 is 38.7 Å². The fourth-order valence-electron chi connectivity index (χ4n) is 5.64. The first-order chi connectivity index (χ1) is 16.8. The summed E-state index contributed by atoms with van der Waals surface area (Å²) in [5, 5.41) is 3.37. The molecule has 0 unspecified atom stereocenters. The molecule has 0 amide bonds. The summed E-state index contributed by atoms with van der Waals surface area (Å²) in [6.45, 7) is 2.62. The molecule has 1 aliphatic heterocycles. The van der Waals surface area contributed by atoms with Crippen LogP contribution in [0.2, 0.25) is 0 Å². The normalized spacial score (nSPS) is 18.9. The van der Waals surface area contributed by atoms with Crippen LogP contribution in [0.1, 0.15) is 37.2 Å². The summed E-state index contributed by atoms with van der Waals surface area (Å²) < 4.78 is 0. The van der Waals surface area contributed by atoms with Gasteiger partial charge < -0.3 is 15.6 Å². The van der Waals surface area contributed by atoms with Crippen LogP contribution in [0.25, 0.3) is 44.2 Å². The zero-order chi connectivity index (χ0) is 22.6. The van der Waals surface area contributed by atoms with Crippen LogP contribution >= 0.6 is 0 Å². The number of aromatic nitrogens is 5. The third-order valence-corrected chi connectivity index (χ3v) is 7.72. The molecule has 7 rings (SSSR count). The number of aromatic amines is 1. The molecule has 3 N–H and O–H groups in total. The fraction of sp³-hybridized carbons (Fsp3) is 0.333. The first-order valence-electron chi connectivity index (χ1n) is 12.3. The average molecular weight is 450 g/mol. The van der Waals surface area contributed by atoms with Gasteiger partial charge in [-0.05, 0) is 55.3 Å². The second-order valence-electron chi connectivity index (χ2n) is 9.71. The molecule has 7 heteroatoms. The number of nitrogens with two attached hydrogens (primary N) is 1. The Kier molecular flexibility index (Phi) is 4.52. The Morgan fingerprint density at radius 3 is 2.76 bits per heavy atom. The van der Waals surface area contributed by atoms with Crippen LogP contribution in [0.3, 0.4) is 0 Å². The second-order valence-corrected chi connectivity index (χ2v) is 9.71. The molecule has 5 heterocycles. The zero-order valence-electron chi connectivity index (χ0n) is 19.0. The van der Waals surface area contributed by atoms with Gasteiger partial charge in [-0.2, -0.15) is 0 Å². The van der Waals surface area contributed by atoms with Gasteiger partial charge in [0.05, 0.1) is 11.7 Å². The van der Waals surface area contributed by atoms with E-state index in [1.165, 1.54) is 30.2 Å². The lowest BCUT2D eigenvalue weighted by atomic mass is 9.79. The van der Waals surface area contributed by atoms with Gasteiger partial charge in [-0.3, -0.25) is 4.98 Å². The van der Waals surface area contributed by atoms with Crippen molar-refractivity contribution in [3.63, 3.8) is 0 Å². The van der Waals surface area contributed by atoms with E-state index in [0.717, 1.165) is 64.2 Å². The predicted molar refractivity (Wildman–Crippen MR) is 136 cm³/mol. The number of fused-ring (bicyclic) bond motifs is 4. The van der Waals surface area contributed by atoms with E-state index in [-0.39, 0.29) is 0 Å². The van der Waals surface area contributed by atoms with E-state index in [1.54, 1.807) is 0 Å². The van der Waals surface area contributed by atoms with E-state index >= 15 is 0 Å². The number of hydrogen-bond acceptors (Lipinski definition) is 6. The van der Waals surface area contributed by atoms with Crippen molar-refractivity contribution in [3.05, 3.63) is 54.5 Å². The summed E-state index contributed by atoms with van der Waals surface area (Å²) in [6.07, 6.45) is 10.6. The van der Waals surface area contributed by atoms with Crippen molar-refractivity contribution in [2.75, 3.05) is 24.5 Å². The minimum atomic E-state index is 0.503. The van der Waals surface area contributed by atoms with Gasteiger partial charge in [-0.15, -0.1) is 0 Å². The minimum Gasteiger partial charge on any atom is -0.356 e. The Hall–Kier alpha value is -3.58. The minimum absolute atomic E-state index is 0.503. The van der Waals surface area contributed by atoms with Gasteiger partial charge in [-0.25, -0.2) is 15.0 Å². The number of H-pyrrole nitrogens is 1. The van der Waals surface area contributed by atoms with Crippen LogP contribution in [-0.4, -0.2) is 44.6 Å². The molecule has 1 aromatic carbocycles. The van der Waals surface area contributed by atoms with Gasteiger partial charge in [0.2, 0.25) is 0 Å². The highest BCUT2D eigenvalue weighted by Crippen LogP contribution is 2.43. The van der Waals surface area contributed by atoms with E-state index in [9.17, 15) is 0 Å². The number of nitrogens with one attached hydrogen (secondary N) is 1. The molecule has 170 valence electrons. The third kappa shape index (κ3) is 3.00. The maximum absolute atomic E-state index is 6.04. The Balaban J connectivity index is 1.49. The maximum atomic E-state index is 6.04. The van der Waals surface area contributed by atoms with Crippen LogP contribution < -0.4 is 10.6 Å². The van der Waals surface area contributed by atoms with Gasteiger partial charge in [0, 0.05) is 52.7 Å². The van der Waals surface area contributed by atoms with Crippen molar-refractivity contribution in [2.24, 2.45) is 11.7 Å². The second kappa shape index (κ2) is 7.74. The molecule has 2 aliphatic rings. The Bertz CT molecular complexity index is 1530. The van der Waals surface area contributed by atoms with Crippen LogP contribution in [0.4, 0.5) is 5.82 Å². The van der Waals surface area contributed by atoms with Gasteiger partial charge in [0.25, 0.3) is 0 Å². The van der Waals surface area contributed by atoms with Crippen molar-refractivity contribution in [2.45, 2.75) is 31.6 Å². The molecule has 7 nitrogen and oxygen atoms in total. The summed E-state index contributed by atoms with van der Waals surface area (Å²) in [7, 11) is 0. The van der Waals surface area contributed by atoms with E-state index < -0.39 is 0 Å². The molecule has 0 spiro atoms. The molecular formula is C27H27N7. The molecule has 1 aliphatic carbocycles. The summed E-state index contributed by atoms with van der Waals surface area (Å²) in [5.41, 5.74) is 11.2. The third-order valence-electron chi connectivity index (χ3n) is 7.72. The molecule has 5 aromatic rings. The highest BCUT2D eigenvalue weighted by molar-refractivity contribution is 6.12. The van der Waals surface area contributed by atoms with E-state index in [1.807, 2.05) is 30.7 Å². The van der Waals surface area contributed by atoms with Gasteiger partial charge in [-0.1, -0.05) is 24.6 Å². The van der Waals surface area contributed by atoms with Crippen LogP contribution in [-0.2, 0) is 0 Å². The van der Waals surface area contributed by atoms with Crippen molar-refractivity contribution in [1.29, 1.82) is 0 Å². The number of anilines is 1. The number of para-hydroxylation sites is 1. The standard InChI is InChI=1S/C27H27N7/c28-12-16-9-11-34(15-16)27-24-20(17-4-3-5-17)13-29-14-22(24)32-25(33-27)19-8-10-30-26-23(19)18-6-1-2-7-21(18)31-26/h1-2,6-8,10,13-14,16-17H,3-5,9,11-12,15,28H2,(H,30,31)/t16-/m1/s1. The molecule has 2 fully saturated rings. The van der Waals surface area contributed by atoms with Crippen molar-refractivity contribution in [3.8, 4) is 11.4 Å². The van der Waals surface area contributed by atoms with E-state index in [2.05, 4.69) is 38.1 Å². The SMILES string of the molecule is NC[C@H]1CCN(c2nc(-c3ccnc4[nH]c5ccccc5c34)nc3cncc(C4CCC4)c23)C1. The van der Waals surface area contributed by atoms with Crippen LogP contribution in [0.5, 0.6) is 0 Å². The van der Waals surface area contributed by atoms with E-state index in [4.69, 9.17) is 15.7 Å².